The zero-order valence-electron chi connectivity index (χ0n) is 11.7. The molecule has 2 heterocycles. The summed E-state index contributed by atoms with van der Waals surface area (Å²) >= 11 is 5.98. The van der Waals surface area contributed by atoms with Crippen LogP contribution in [0.5, 0.6) is 0 Å². The number of nitrogens with zero attached hydrogens (tertiary/aromatic N) is 2. The highest BCUT2D eigenvalue weighted by molar-refractivity contribution is 6.31. The number of rotatable bonds is 3. The molecule has 0 spiro atoms. The predicted molar refractivity (Wildman–Crippen MR) is 83.3 cm³/mol. The maximum atomic E-state index is 13.0. The van der Waals surface area contributed by atoms with Gasteiger partial charge in [0.05, 0.1) is 5.52 Å². The van der Waals surface area contributed by atoms with Gasteiger partial charge in [0.25, 0.3) is 0 Å². The van der Waals surface area contributed by atoms with Gasteiger partial charge in [0.15, 0.2) is 0 Å². The Hall–Kier alpha value is -2.34. The van der Waals surface area contributed by atoms with Gasteiger partial charge in [-0.3, -0.25) is 9.97 Å². The van der Waals surface area contributed by atoms with E-state index in [2.05, 4.69) is 15.3 Å². The SMILES string of the molecule is FC(F)(F)c1ncccc1CNc1ccnc2ccc(Cl)cc12. The summed E-state index contributed by atoms with van der Waals surface area (Å²) in [4.78, 5) is 7.64. The minimum absolute atomic E-state index is 0.00564. The average molecular weight is 338 g/mol. The summed E-state index contributed by atoms with van der Waals surface area (Å²) in [5.41, 5.74) is 0.562. The summed E-state index contributed by atoms with van der Waals surface area (Å²) in [5.74, 6) is 0. The Bertz CT molecular complexity index is 849. The minimum atomic E-state index is -4.48. The van der Waals surface area contributed by atoms with Crippen LogP contribution >= 0.6 is 11.6 Å². The van der Waals surface area contributed by atoms with E-state index in [1.54, 1.807) is 30.5 Å². The molecule has 1 aromatic carbocycles. The molecule has 3 rings (SSSR count). The Morgan fingerprint density at radius 1 is 1.04 bits per heavy atom. The van der Waals surface area contributed by atoms with Crippen LogP contribution in [0.3, 0.4) is 0 Å². The first-order valence-electron chi connectivity index (χ1n) is 6.74. The third-order valence-corrected chi connectivity index (χ3v) is 3.57. The number of hydrogen-bond acceptors (Lipinski definition) is 3. The molecule has 0 atom stereocenters. The second kappa shape index (κ2) is 6.04. The first kappa shape index (κ1) is 15.6. The van der Waals surface area contributed by atoms with Crippen molar-refractivity contribution in [1.29, 1.82) is 0 Å². The molecule has 0 aliphatic rings. The highest BCUT2D eigenvalue weighted by Crippen LogP contribution is 2.31. The van der Waals surface area contributed by atoms with Crippen LogP contribution < -0.4 is 5.32 Å². The van der Waals surface area contributed by atoms with E-state index in [4.69, 9.17) is 11.6 Å². The molecular weight excluding hydrogens is 327 g/mol. The van der Waals surface area contributed by atoms with Crippen LogP contribution in [0.2, 0.25) is 5.02 Å². The lowest BCUT2D eigenvalue weighted by Crippen LogP contribution is -2.14. The summed E-state index contributed by atoms with van der Waals surface area (Å²) in [6.45, 7) is -0.00564. The molecule has 1 N–H and O–H groups in total. The molecule has 3 aromatic rings. The number of aromatic nitrogens is 2. The van der Waals surface area contributed by atoms with Crippen LogP contribution in [-0.4, -0.2) is 9.97 Å². The minimum Gasteiger partial charge on any atom is -0.380 e. The van der Waals surface area contributed by atoms with Gasteiger partial charge in [0, 0.05) is 40.6 Å². The van der Waals surface area contributed by atoms with Gasteiger partial charge in [-0.05, 0) is 30.3 Å². The number of alkyl halides is 3. The Morgan fingerprint density at radius 3 is 2.65 bits per heavy atom. The molecule has 7 heteroatoms. The number of nitrogens with one attached hydrogen (secondary N) is 1. The second-order valence-electron chi connectivity index (χ2n) is 4.88. The van der Waals surface area contributed by atoms with Gasteiger partial charge in [-0.1, -0.05) is 17.7 Å². The molecule has 0 aliphatic heterocycles. The summed E-state index contributed by atoms with van der Waals surface area (Å²) in [6, 6.07) is 9.77. The van der Waals surface area contributed by atoms with E-state index in [0.29, 0.717) is 16.2 Å². The van der Waals surface area contributed by atoms with Gasteiger partial charge >= 0.3 is 6.18 Å². The molecule has 3 nitrogen and oxygen atoms in total. The Balaban J connectivity index is 1.92. The fourth-order valence-electron chi connectivity index (χ4n) is 2.30. The topological polar surface area (TPSA) is 37.8 Å². The Labute approximate surface area is 135 Å². The van der Waals surface area contributed by atoms with Gasteiger partial charge in [-0.25, -0.2) is 0 Å². The summed E-state index contributed by atoms with van der Waals surface area (Å²) in [5, 5.41) is 4.29. The van der Waals surface area contributed by atoms with Crippen LogP contribution in [0.25, 0.3) is 10.9 Å². The highest BCUT2D eigenvalue weighted by atomic mass is 35.5. The fraction of sp³-hybridized carbons (Fsp3) is 0.125. The summed E-state index contributed by atoms with van der Waals surface area (Å²) < 4.78 is 38.9. The number of pyridine rings is 2. The lowest BCUT2D eigenvalue weighted by atomic mass is 10.1. The molecule has 0 unspecified atom stereocenters. The van der Waals surface area contributed by atoms with Crippen molar-refractivity contribution in [3.05, 3.63) is 65.1 Å². The van der Waals surface area contributed by atoms with Crippen LogP contribution in [0.15, 0.2) is 48.8 Å². The number of benzene rings is 1. The van der Waals surface area contributed by atoms with Crippen molar-refractivity contribution in [2.75, 3.05) is 5.32 Å². The van der Waals surface area contributed by atoms with Gasteiger partial charge in [0.2, 0.25) is 0 Å². The van der Waals surface area contributed by atoms with E-state index in [-0.39, 0.29) is 12.1 Å². The number of anilines is 1. The molecule has 0 saturated heterocycles. The van der Waals surface area contributed by atoms with Gasteiger partial charge in [0.1, 0.15) is 5.69 Å². The quantitative estimate of drug-likeness (QED) is 0.737. The van der Waals surface area contributed by atoms with Gasteiger partial charge in [-0.2, -0.15) is 13.2 Å². The smallest absolute Gasteiger partial charge is 0.380 e. The van der Waals surface area contributed by atoms with Gasteiger partial charge in [-0.15, -0.1) is 0 Å². The van der Waals surface area contributed by atoms with E-state index in [1.807, 2.05) is 0 Å². The molecule has 0 saturated carbocycles. The van der Waals surface area contributed by atoms with Crippen LogP contribution in [0, 0.1) is 0 Å². The van der Waals surface area contributed by atoms with Crippen LogP contribution in [0.1, 0.15) is 11.3 Å². The summed E-state index contributed by atoms with van der Waals surface area (Å²) in [7, 11) is 0. The van der Waals surface area contributed by atoms with Crippen molar-refractivity contribution in [2.45, 2.75) is 12.7 Å². The zero-order valence-corrected chi connectivity index (χ0v) is 12.5. The molecule has 0 radical (unpaired) electrons. The average Bonchev–Trinajstić information content (AvgIpc) is 2.52. The molecule has 118 valence electrons. The highest BCUT2D eigenvalue weighted by Gasteiger charge is 2.34. The van der Waals surface area contributed by atoms with Gasteiger partial charge < -0.3 is 5.32 Å². The molecule has 2 aromatic heterocycles. The third-order valence-electron chi connectivity index (χ3n) is 3.33. The van der Waals surface area contributed by atoms with Crippen molar-refractivity contribution in [3.63, 3.8) is 0 Å². The number of halogens is 4. The molecule has 0 amide bonds. The maximum absolute atomic E-state index is 13.0. The van der Waals surface area contributed by atoms with Crippen LogP contribution in [0.4, 0.5) is 18.9 Å². The third kappa shape index (κ3) is 3.37. The first-order chi connectivity index (χ1) is 10.9. The van der Waals surface area contributed by atoms with Crippen molar-refractivity contribution in [2.24, 2.45) is 0 Å². The van der Waals surface area contributed by atoms with E-state index >= 15 is 0 Å². The lowest BCUT2D eigenvalue weighted by molar-refractivity contribution is -0.141. The van der Waals surface area contributed by atoms with Crippen LogP contribution in [-0.2, 0) is 12.7 Å². The molecular formula is C16H11ClF3N3. The lowest BCUT2D eigenvalue weighted by Gasteiger charge is -2.14. The number of fused-ring (bicyclic) bond motifs is 1. The Kier molecular flexibility index (Phi) is 4.09. The molecule has 0 bridgehead atoms. The Morgan fingerprint density at radius 2 is 1.87 bits per heavy atom. The monoisotopic (exact) mass is 337 g/mol. The fourth-order valence-corrected chi connectivity index (χ4v) is 2.47. The van der Waals surface area contributed by atoms with E-state index in [0.717, 1.165) is 11.6 Å². The van der Waals surface area contributed by atoms with E-state index in [1.165, 1.54) is 12.1 Å². The second-order valence-corrected chi connectivity index (χ2v) is 5.32. The predicted octanol–water partition coefficient (Wildman–Crippen LogP) is 4.91. The molecule has 23 heavy (non-hydrogen) atoms. The maximum Gasteiger partial charge on any atom is 0.433 e. The van der Waals surface area contributed by atoms with E-state index < -0.39 is 11.9 Å². The molecule has 0 fully saturated rings. The molecule has 0 aliphatic carbocycles. The standard InChI is InChI=1S/C16H11ClF3N3/c17-11-3-4-13-12(8-11)14(5-7-21-13)23-9-10-2-1-6-22-15(10)16(18,19)20/h1-8H,9H2,(H,21,23). The van der Waals surface area contributed by atoms with Crippen molar-refractivity contribution in [3.8, 4) is 0 Å². The van der Waals surface area contributed by atoms with Crippen molar-refractivity contribution < 1.29 is 13.2 Å². The van der Waals surface area contributed by atoms with E-state index in [9.17, 15) is 13.2 Å². The van der Waals surface area contributed by atoms with Crippen molar-refractivity contribution in [1.82, 2.24) is 9.97 Å². The first-order valence-corrected chi connectivity index (χ1v) is 7.12. The largest absolute Gasteiger partial charge is 0.433 e. The van der Waals surface area contributed by atoms with Crippen molar-refractivity contribution >= 4 is 28.2 Å². The number of hydrogen-bond donors (Lipinski definition) is 1. The zero-order chi connectivity index (χ0) is 16.4. The summed E-state index contributed by atoms with van der Waals surface area (Å²) in [6.07, 6.45) is -1.76. The normalized spacial score (nSPS) is 11.7.